The first kappa shape index (κ1) is 13.0. The van der Waals surface area contributed by atoms with Gasteiger partial charge < -0.3 is 10.3 Å². The van der Waals surface area contributed by atoms with Crippen LogP contribution >= 0.6 is 22.6 Å². The van der Waals surface area contributed by atoms with Crippen molar-refractivity contribution < 1.29 is 4.52 Å². The van der Waals surface area contributed by atoms with Gasteiger partial charge in [-0.1, -0.05) is 5.16 Å². The summed E-state index contributed by atoms with van der Waals surface area (Å²) in [4.78, 5) is 8.38. The maximum absolute atomic E-state index is 5.94. The van der Waals surface area contributed by atoms with Gasteiger partial charge in [0.25, 0.3) is 5.89 Å². The van der Waals surface area contributed by atoms with Gasteiger partial charge in [0, 0.05) is 28.1 Å². The summed E-state index contributed by atoms with van der Waals surface area (Å²) < 4.78 is 6.37. The second kappa shape index (κ2) is 5.58. The van der Waals surface area contributed by atoms with E-state index in [-0.39, 0.29) is 0 Å². The fraction of sp³-hybridized carbons (Fsp3) is 0.0714. The summed E-state index contributed by atoms with van der Waals surface area (Å²) >= 11 is 2.22. The molecule has 5 nitrogen and oxygen atoms in total. The zero-order chi connectivity index (χ0) is 13.9. The minimum Gasteiger partial charge on any atom is -0.398 e. The third kappa shape index (κ3) is 2.79. The van der Waals surface area contributed by atoms with E-state index in [1.807, 2.05) is 30.3 Å². The molecule has 0 fully saturated rings. The van der Waals surface area contributed by atoms with Crippen LogP contribution in [0, 0.1) is 3.57 Å². The Balaban J connectivity index is 1.88. The minimum absolute atomic E-state index is 0.449. The van der Waals surface area contributed by atoms with Gasteiger partial charge in [-0.15, -0.1) is 0 Å². The van der Waals surface area contributed by atoms with Crippen LogP contribution in [0.4, 0.5) is 5.69 Å². The first-order valence-corrected chi connectivity index (χ1v) is 7.07. The van der Waals surface area contributed by atoms with E-state index in [9.17, 15) is 0 Å². The lowest BCUT2D eigenvalue weighted by Crippen LogP contribution is -1.93. The van der Waals surface area contributed by atoms with Crippen molar-refractivity contribution in [1.82, 2.24) is 15.1 Å². The Kier molecular flexibility index (Phi) is 3.64. The first-order chi connectivity index (χ1) is 9.72. The summed E-state index contributed by atoms with van der Waals surface area (Å²) in [6, 6.07) is 9.56. The Hall–Kier alpha value is -1.96. The molecule has 0 spiro atoms. The molecule has 6 heteroatoms. The van der Waals surface area contributed by atoms with Crippen LogP contribution in [0.15, 0.2) is 47.2 Å². The van der Waals surface area contributed by atoms with Gasteiger partial charge in [0.2, 0.25) is 0 Å². The molecule has 0 radical (unpaired) electrons. The Morgan fingerprint density at radius 2 is 1.95 bits per heavy atom. The molecule has 2 N–H and O–H groups in total. The first-order valence-electron chi connectivity index (χ1n) is 5.99. The third-order valence-electron chi connectivity index (χ3n) is 2.83. The van der Waals surface area contributed by atoms with Crippen LogP contribution in [0.5, 0.6) is 0 Å². The number of nitrogens with two attached hydrogens (primary N) is 1. The normalized spacial score (nSPS) is 10.7. The van der Waals surface area contributed by atoms with Crippen LogP contribution in [0.1, 0.15) is 11.4 Å². The molecule has 0 atom stereocenters. The number of anilines is 1. The van der Waals surface area contributed by atoms with E-state index in [1.54, 1.807) is 12.4 Å². The second-order valence-electron chi connectivity index (χ2n) is 4.28. The van der Waals surface area contributed by atoms with Crippen molar-refractivity contribution in [1.29, 1.82) is 0 Å². The van der Waals surface area contributed by atoms with Crippen molar-refractivity contribution in [2.24, 2.45) is 0 Å². The fourth-order valence-corrected chi connectivity index (χ4v) is 2.32. The van der Waals surface area contributed by atoms with Gasteiger partial charge in [0.1, 0.15) is 0 Å². The highest BCUT2D eigenvalue weighted by atomic mass is 127. The Bertz CT molecular complexity index is 727. The molecular weight excluding hydrogens is 367 g/mol. The monoisotopic (exact) mass is 378 g/mol. The second-order valence-corrected chi connectivity index (χ2v) is 5.53. The average molecular weight is 378 g/mol. The Morgan fingerprint density at radius 1 is 1.15 bits per heavy atom. The molecule has 100 valence electrons. The Labute approximate surface area is 129 Å². The quantitative estimate of drug-likeness (QED) is 0.560. The van der Waals surface area contributed by atoms with Crippen molar-refractivity contribution >= 4 is 28.3 Å². The summed E-state index contributed by atoms with van der Waals surface area (Å²) in [5.41, 5.74) is 8.43. The number of rotatable bonds is 3. The highest BCUT2D eigenvalue weighted by Crippen LogP contribution is 2.26. The largest absolute Gasteiger partial charge is 0.398 e. The van der Waals surface area contributed by atoms with Gasteiger partial charge in [-0.05, 0) is 58.5 Å². The number of pyridine rings is 1. The lowest BCUT2D eigenvalue weighted by Gasteiger charge is -2.00. The molecule has 3 rings (SSSR count). The molecule has 0 saturated carbocycles. The van der Waals surface area contributed by atoms with Gasteiger partial charge >= 0.3 is 0 Å². The molecule has 3 aromatic rings. The Morgan fingerprint density at radius 3 is 2.75 bits per heavy atom. The minimum atomic E-state index is 0.449. The standard InChI is InChI=1S/C14H11IN4O/c15-10-1-2-12(16)11(8-10)14-18-13(19-20-14)7-9-3-5-17-6-4-9/h1-6,8H,7,16H2. The van der Waals surface area contributed by atoms with E-state index < -0.39 is 0 Å². The molecule has 0 saturated heterocycles. The molecule has 2 aromatic heterocycles. The summed E-state index contributed by atoms with van der Waals surface area (Å²) in [5, 5.41) is 3.99. The zero-order valence-electron chi connectivity index (χ0n) is 10.5. The van der Waals surface area contributed by atoms with Gasteiger partial charge in [-0.3, -0.25) is 4.98 Å². The number of aromatic nitrogens is 3. The highest BCUT2D eigenvalue weighted by molar-refractivity contribution is 14.1. The topological polar surface area (TPSA) is 77.8 Å². The van der Waals surface area contributed by atoms with Gasteiger partial charge in [0.15, 0.2) is 5.82 Å². The van der Waals surface area contributed by atoms with Crippen molar-refractivity contribution in [2.75, 3.05) is 5.73 Å². The van der Waals surface area contributed by atoms with Crippen molar-refractivity contribution in [2.45, 2.75) is 6.42 Å². The van der Waals surface area contributed by atoms with Crippen LogP contribution in [-0.2, 0) is 6.42 Å². The number of hydrogen-bond donors (Lipinski definition) is 1. The molecule has 0 unspecified atom stereocenters. The van der Waals surface area contributed by atoms with Crippen LogP contribution < -0.4 is 5.73 Å². The number of hydrogen-bond acceptors (Lipinski definition) is 5. The van der Waals surface area contributed by atoms with E-state index in [4.69, 9.17) is 10.3 Å². The van der Waals surface area contributed by atoms with E-state index in [0.29, 0.717) is 23.8 Å². The molecule has 0 aliphatic carbocycles. The summed E-state index contributed by atoms with van der Waals surface area (Å²) in [5.74, 6) is 1.08. The van der Waals surface area contributed by atoms with Crippen molar-refractivity contribution in [3.8, 4) is 11.5 Å². The van der Waals surface area contributed by atoms with Gasteiger partial charge in [-0.2, -0.15) is 4.98 Å². The predicted octanol–water partition coefficient (Wildman–Crippen LogP) is 2.91. The maximum Gasteiger partial charge on any atom is 0.260 e. The van der Waals surface area contributed by atoms with Gasteiger partial charge in [0.05, 0.1) is 5.56 Å². The summed E-state index contributed by atoms with van der Waals surface area (Å²) in [6.07, 6.45) is 4.09. The SMILES string of the molecule is Nc1ccc(I)cc1-c1nc(Cc2ccncc2)no1. The van der Waals surface area contributed by atoms with E-state index in [0.717, 1.165) is 14.7 Å². The smallest absolute Gasteiger partial charge is 0.260 e. The number of halogens is 1. The van der Waals surface area contributed by atoms with E-state index >= 15 is 0 Å². The third-order valence-corrected chi connectivity index (χ3v) is 3.50. The van der Waals surface area contributed by atoms with Crippen LogP contribution in [0.25, 0.3) is 11.5 Å². The molecule has 0 aliphatic heterocycles. The molecule has 2 heterocycles. The highest BCUT2D eigenvalue weighted by Gasteiger charge is 2.12. The molecule has 0 bridgehead atoms. The molecular formula is C14H11IN4O. The van der Waals surface area contributed by atoms with Crippen LogP contribution in [0.3, 0.4) is 0 Å². The van der Waals surface area contributed by atoms with E-state index in [2.05, 4.69) is 37.7 Å². The fourth-order valence-electron chi connectivity index (χ4n) is 1.83. The van der Waals surface area contributed by atoms with E-state index in [1.165, 1.54) is 0 Å². The lowest BCUT2D eigenvalue weighted by atomic mass is 10.2. The van der Waals surface area contributed by atoms with Crippen LogP contribution in [0.2, 0.25) is 0 Å². The van der Waals surface area contributed by atoms with Gasteiger partial charge in [-0.25, -0.2) is 0 Å². The number of nitrogen functional groups attached to an aromatic ring is 1. The summed E-state index contributed by atoms with van der Waals surface area (Å²) in [7, 11) is 0. The number of benzene rings is 1. The molecule has 1 aromatic carbocycles. The summed E-state index contributed by atoms with van der Waals surface area (Å²) in [6.45, 7) is 0. The van der Waals surface area contributed by atoms with Crippen molar-refractivity contribution in [3.05, 3.63) is 57.7 Å². The van der Waals surface area contributed by atoms with Crippen LogP contribution in [-0.4, -0.2) is 15.1 Å². The van der Waals surface area contributed by atoms with Crippen molar-refractivity contribution in [3.63, 3.8) is 0 Å². The average Bonchev–Trinajstić information content (AvgIpc) is 2.91. The maximum atomic E-state index is 5.94. The lowest BCUT2D eigenvalue weighted by molar-refractivity contribution is 0.424. The predicted molar refractivity (Wildman–Crippen MR) is 83.9 cm³/mol. The number of nitrogens with zero attached hydrogens (tertiary/aromatic N) is 3. The molecule has 0 amide bonds. The molecule has 0 aliphatic rings. The zero-order valence-corrected chi connectivity index (χ0v) is 12.6. The molecule has 20 heavy (non-hydrogen) atoms.